The molecule has 34 heavy (non-hydrogen) atoms. The van der Waals surface area contributed by atoms with Crippen molar-refractivity contribution < 1.29 is 19.1 Å². The van der Waals surface area contributed by atoms with Gasteiger partial charge < -0.3 is 20.3 Å². The average molecular weight is 462 g/mol. The summed E-state index contributed by atoms with van der Waals surface area (Å²) in [5, 5.41) is 10.0. The number of anilines is 2. The molecule has 0 aliphatic carbocycles. The molecule has 9 nitrogen and oxygen atoms in total. The molecule has 1 aliphatic rings. The van der Waals surface area contributed by atoms with Crippen molar-refractivity contribution in [2.75, 3.05) is 30.3 Å². The molecule has 4 rings (SSSR count). The van der Waals surface area contributed by atoms with E-state index in [1.54, 1.807) is 72.0 Å². The van der Waals surface area contributed by atoms with Gasteiger partial charge in [-0.15, -0.1) is 0 Å². The van der Waals surface area contributed by atoms with Crippen LogP contribution in [0.2, 0.25) is 0 Å². The van der Waals surface area contributed by atoms with Gasteiger partial charge in [-0.25, -0.2) is 14.3 Å². The van der Waals surface area contributed by atoms with Gasteiger partial charge in [0, 0.05) is 18.7 Å². The van der Waals surface area contributed by atoms with Gasteiger partial charge in [0.25, 0.3) is 5.91 Å². The van der Waals surface area contributed by atoms with Crippen molar-refractivity contribution >= 4 is 29.3 Å². The zero-order valence-electron chi connectivity index (χ0n) is 19.2. The maximum Gasteiger partial charge on any atom is 0.341 e. The Balaban J connectivity index is 1.46. The molecule has 0 saturated carbocycles. The predicted molar refractivity (Wildman–Crippen MR) is 128 cm³/mol. The van der Waals surface area contributed by atoms with Crippen molar-refractivity contribution in [3.8, 4) is 5.69 Å². The number of hydrogen-bond acceptors (Lipinski definition) is 5. The maximum absolute atomic E-state index is 12.9. The number of nitrogens with zero attached hydrogens (tertiary/aromatic N) is 3. The quantitative estimate of drug-likeness (QED) is 0.534. The van der Waals surface area contributed by atoms with Crippen LogP contribution in [0.1, 0.15) is 46.2 Å². The van der Waals surface area contributed by atoms with Gasteiger partial charge in [0.05, 0.1) is 35.6 Å². The van der Waals surface area contributed by atoms with Crippen molar-refractivity contribution in [1.82, 2.24) is 14.7 Å². The Morgan fingerprint density at radius 3 is 2.26 bits per heavy atom. The summed E-state index contributed by atoms with van der Waals surface area (Å²) in [4.78, 5) is 39.1. The van der Waals surface area contributed by atoms with Gasteiger partial charge in [-0.2, -0.15) is 5.10 Å². The van der Waals surface area contributed by atoms with E-state index in [0.717, 1.165) is 25.9 Å². The molecule has 1 aliphatic heterocycles. The minimum Gasteiger partial charge on any atom is -0.462 e. The average Bonchev–Trinajstić information content (AvgIpc) is 3.51. The summed E-state index contributed by atoms with van der Waals surface area (Å²) in [6.07, 6.45) is 3.48. The van der Waals surface area contributed by atoms with E-state index in [4.69, 9.17) is 4.74 Å². The standard InChI is InChI=1S/C25H27N5O4/c1-3-34-24(32)20-16-26-30(17(20)2)19-12-10-18(11-13-19)23(31)27-21-8-4-5-9-22(21)28-25(33)29-14-6-7-15-29/h4-5,8-13,16H,3,6-7,14-15H2,1-2H3,(H,27,31)(H,28,33). The van der Waals surface area contributed by atoms with Gasteiger partial charge >= 0.3 is 12.0 Å². The molecule has 1 saturated heterocycles. The molecule has 0 spiro atoms. The first-order valence-corrected chi connectivity index (χ1v) is 11.3. The molecule has 0 atom stereocenters. The van der Waals surface area contributed by atoms with Gasteiger partial charge in [0.2, 0.25) is 0 Å². The summed E-state index contributed by atoms with van der Waals surface area (Å²) in [6.45, 7) is 5.31. The highest BCUT2D eigenvalue weighted by molar-refractivity contribution is 6.07. The number of urea groups is 1. The first kappa shape index (κ1) is 23.0. The number of amides is 3. The summed E-state index contributed by atoms with van der Waals surface area (Å²) >= 11 is 0. The lowest BCUT2D eigenvalue weighted by Gasteiger charge is -2.18. The van der Waals surface area contributed by atoms with Gasteiger partial charge in [0.1, 0.15) is 5.56 Å². The zero-order chi connectivity index (χ0) is 24.1. The Labute approximate surface area is 197 Å². The number of hydrogen-bond donors (Lipinski definition) is 2. The van der Waals surface area contributed by atoms with Crippen LogP contribution in [0.15, 0.2) is 54.7 Å². The van der Waals surface area contributed by atoms with Crippen LogP contribution in [0.25, 0.3) is 5.69 Å². The Morgan fingerprint density at radius 2 is 1.62 bits per heavy atom. The second kappa shape index (κ2) is 10.2. The number of benzene rings is 2. The number of rotatable bonds is 6. The molecule has 1 fully saturated rings. The minimum atomic E-state index is -0.419. The number of esters is 1. The molecule has 2 heterocycles. The van der Waals surface area contributed by atoms with E-state index in [2.05, 4.69) is 15.7 Å². The molecule has 3 aromatic rings. The highest BCUT2D eigenvalue weighted by atomic mass is 16.5. The highest BCUT2D eigenvalue weighted by Crippen LogP contribution is 2.23. The summed E-state index contributed by atoms with van der Waals surface area (Å²) in [7, 11) is 0. The van der Waals surface area contributed by atoms with Crippen molar-refractivity contribution in [2.24, 2.45) is 0 Å². The monoisotopic (exact) mass is 461 g/mol. The molecular formula is C25H27N5O4. The molecule has 9 heteroatoms. The van der Waals surface area contributed by atoms with Gasteiger partial charge in [-0.1, -0.05) is 12.1 Å². The molecule has 3 amide bonds. The van der Waals surface area contributed by atoms with E-state index in [0.29, 0.717) is 40.5 Å². The summed E-state index contributed by atoms with van der Waals surface area (Å²) < 4.78 is 6.68. The number of aromatic nitrogens is 2. The lowest BCUT2D eigenvalue weighted by molar-refractivity contribution is 0.0525. The Hall–Kier alpha value is -4.14. The van der Waals surface area contributed by atoms with Crippen LogP contribution in [-0.2, 0) is 4.74 Å². The number of nitrogens with one attached hydrogen (secondary N) is 2. The number of para-hydroxylation sites is 2. The molecule has 0 unspecified atom stereocenters. The van der Waals surface area contributed by atoms with Crippen LogP contribution < -0.4 is 10.6 Å². The number of likely N-dealkylation sites (tertiary alicyclic amines) is 1. The summed E-state index contributed by atoms with van der Waals surface area (Å²) in [6, 6.07) is 13.8. The third-order valence-corrected chi connectivity index (χ3v) is 5.69. The minimum absolute atomic E-state index is 0.166. The Kier molecular flexibility index (Phi) is 6.91. The second-order valence-corrected chi connectivity index (χ2v) is 7.95. The van der Waals surface area contributed by atoms with Gasteiger partial charge in [-0.3, -0.25) is 4.79 Å². The molecule has 176 valence electrons. The highest BCUT2D eigenvalue weighted by Gasteiger charge is 2.20. The van der Waals surface area contributed by atoms with E-state index in [9.17, 15) is 14.4 Å². The third-order valence-electron chi connectivity index (χ3n) is 5.69. The van der Waals surface area contributed by atoms with Crippen molar-refractivity contribution in [3.63, 3.8) is 0 Å². The van der Waals surface area contributed by atoms with Crippen LogP contribution in [0.3, 0.4) is 0 Å². The lowest BCUT2D eigenvalue weighted by atomic mass is 10.1. The van der Waals surface area contributed by atoms with E-state index in [1.165, 1.54) is 6.20 Å². The Bertz CT molecular complexity index is 1200. The smallest absolute Gasteiger partial charge is 0.341 e. The molecule has 0 radical (unpaired) electrons. The maximum atomic E-state index is 12.9. The van der Waals surface area contributed by atoms with E-state index in [1.807, 2.05) is 0 Å². The SMILES string of the molecule is CCOC(=O)c1cnn(-c2ccc(C(=O)Nc3ccccc3NC(=O)N3CCCC3)cc2)c1C. The van der Waals surface area contributed by atoms with Crippen molar-refractivity contribution in [2.45, 2.75) is 26.7 Å². The first-order valence-electron chi connectivity index (χ1n) is 11.3. The van der Waals surface area contributed by atoms with Crippen LogP contribution in [0.4, 0.5) is 16.2 Å². The fourth-order valence-corrected chi connectivity index (χ4v) is 3.84. The van der Waals surface area contributed by atoms with Gasteiger partial charge in [-0.05, 0) is 63.1 Å². The van der Waals surface area contributed by atoms with Crippen molar-refractivity contribution in [3.05, 3.63) is 71.5 Å². The van der Waals surface area contributed by atoms with Crippen molar-refractivity contribution in [1.29, 1.82) is 0 Å². The fraction of sp³-hybridized carbons (Fsp3) is 0.280. The molecule has 1 aromatic heterocycles. The number of carbonyl (C=O) groups excluding carboxylic acids is 3. The van der Waals surface area contributed by atoms with Crippen LogP contribution in [-0.4, -0.2) is 52.3 Å². The molecule has 0 bridgehead atoms. The van der Waals surface area contributed by atoms with Gasteiger partial charge in [0.15, 0.2) is 0 Å². The number of carbonyl (C=O) groups is 3. The predicted octanol–water partition coefficient (Wildman–Crippen LogP) is 4.24. The largest absolute Gasteiger partial charge is 0.462 e. The Morgan fingerprint density at radius 1 is 0.971 bits per heavy atom. The van der Waals surface area contributed by atoms with Crippen LogP contribution in [0.5, 0.6) is 0 Å². The zero-order valence-corrected chi connectivity index (χ0v) is 19.2. The normalized spacial score (nSPS) is 12.9. The molecule has 2 aromatic carbocycles. The molecular weight excluding hydrogens is 434 g/mol. The number of ether oxygens (including phenoxy) is 1. The summed E-state index contributed by atoms with van der Waals surface area (Å²) in [5.74, 6) is -0.725. The topological polar surface area (TPSA) is 106 Å². The van der Waals surface area contributed by atoms with E-state index in [-0.39, 0.29) is 11.9 Å². The first-order chi connectivity index (χ1) is 16.5. The fourth-order valence-electron chi connectivity index (χ4n) is 3.84. The van der Waals surface area contributed by atoms with E-state index >= 15 is 0 Å². The molecule has 2 N–H and O–H groups in total. The van der Waals surface area contributed by atoms with Crippen LogP contribution >= 0.6 is 0 Å². The lowest BCUT2D eigenvalue weighted by Crippen LogP contribution is -2.32. The van der Waals surface area contributed by atoms with Crippen LogP contribution in [0, 0.1) is 6.92 Å². The summed E-state index contributed by atoms with van der Waals surface area (Å²) in [5.41, 5.74) is 3.27. The third kappa shape index (κ3) is 4.93. The van der Waals surface area contributed by atoms with E-state index < -0.39 is 5.97 Å². The second-order valence-electron chi connectivity index (χ2n) is 7.95.